The summed E-state index contributed by atoms with van der Waals surface area (Å²) in [7, 11) is 0. The minimum Gasteiger partial charge on any atom is -0.507 e. The molecule has 0 spiro atoms. The molecule has 0 saturated carbocycles. The van der Waals surface area contributed by atoms with Gasteiger partial charge in [0, 0.05) is 17.0 Å². The van der Waals surface area contributed by atoms with Gasteiger partial charge in [0.05, 0.1) is 17.3 Å². The van der Waals surface area contributed by atoms with Crippen LogP contribution >= 0.6 is 23.2 Å². The fourth-order valence-corrected chi connectivity index (χ4v) is 2.69. The number of phenolic OH excluding ortho intramolecular Hbond substituents is 1. The van der Waals surface area contributed by atoms with Crippen LogP contribution in [0.25, 0.3) is 5.70 Å². The zero-order chi connectivity index (χ0) is 19.8. The number of hydrazine groups is 1. The maximum atomic E-state index is 13.4. The smallest absolute Gasteiger partial charge is 0.238 e. The van der Waals surface area contributed by atoms with Crippen LogP contribution in [-0.4, -0.2) is 17.6 Å². The summed E-state index contributed by atoms with van der Waals surface area (Å²) in [5.41, 5.74) is 5.82. The number of aromatic hydroxyl groups is 1. The molecule has 0 aliphatic rings. The Labute approximate surface area is 166 Å². The van der Waals surface area contributed by atoms with E-state index in [1.165, 1.54) is 12.1 Å². The number of ether oxygens (including phenoxy) is 1. The Morgan fingerprint density at radius 2 is 2.00 bits per heavy atom. The third-order valence-corrected chi connectivity index (χ3v) is 4.10. The van der Waals surface area contributed by atoms with Crippen molar-refractivity contribution < 1.29 is 19.0 Å². The number of allylic oxidation sites excluding steroid dienone is 1. The van der Waals surface area contributed by atoms with Gasteiger partial charge in [0.15, 0.2) is 0 Å². The van der Waals surface area contributed by atoms with E-state index in [0.717, 1.165) is 6.07 Å². The van der Waals surface area contributed by atoms with Gasteiger partial charge in [-0.3, -0.25) is 15.6 Å². The molecular formula is C19H19Cl2FN2O3. The van der Waals surface area contributed by atoms with E-state index in [9.17, 15) is 14.3 Å². The highest BCUT2D eigenvalue weighted by Gasteiger charge is 2.10. The molecule has 0 aliphatic heterocycles. The minimum atomic E-state index is -0.492. The maximum absolute atomic E-state index is 13.4. The predicted octanol–water partition coefficient (Wildman–Crippen LogP) is 4.68. The van der Waals surface area contributed by atoms with E-state index in [1.807, 2.05) is 0 Å². The molecule has 3 N–H and O–H groups in total. The number of halogens is 3. The van der Waals surface area contributed by atoms with E-state index in [2.05, 4.69) is 10.9 Å². The fourth-order valence-electron chi connectivity index (χ4n) is 2.23. The topological polar surface area (TPSA) is 70.6 Å². The molecule has 0 aromatic heterocycles. The van der Waals surface area contributed by atoms with Crippen LogP contribution in [0.5, 0.6) is 11.5 Å². The molecule has 2 aromatic carbocycles. The lowest BCUT2D eigenvalue weighted by atomic mass is 10.1. The summed E-state index contributed by atoms with van der Waals surface area (Å²) in [6, 6.07) is 8.48. The van der Waals surface area contributed by atoms with Gasteiger partial charge in [-0.05, 0) is 49.7 Å². The van der Waals surface area contributed by atoms with Gasteiger partial charge >= 0.3 is 0 Å². The van der Waals surface area contributed by atoms with Crippen molar-refractivity contribution in [3.63, 3.8) is 0 Å². The van der Waals surface area contributed by atoms with Crippen molar-refractivity contribution in [2.45, 2.75) is 19.8 Å². The summed E-state index contributed by atoms with van der Waals surface area (Å²) in [6.45, 7) is 2.00. The zero-order valence-corrected chi connectivity index (χ0v) is 16.1. The van der Waals surface area contributed by atoms with Crippen molar-refractivity contribution in [2.24, 2.45) is 0 Å². The van der Waals surface area contributed by atoms with E-state index in [4.69, 9.17) is 27.9 Å². The normalized spacial score (nSPS) is 11.2. The fraction of sp³-hybridized carbons (Fsp3) is 0.211. The van der Waals surface area contributed by atoms with Crippen molar-refractivity contribution in [1.82, 2.24) is 10.9 Å². The first-order valence-electron chi connectivity index (χ1n) is 8.18. The second-order valence-electron chi connectivity index (χ2n) is 5.56. The van der Waals surface area contributed by atoms with Gasteiger partial charge in [-0.2, -0.15) is 0 Å². The minimum absolute atomic E-state index is 0.0977. The van der Waals surface area contributed by atoms with Crippen molar-refractivity contribution >= 4 is 34.8 Å². The lowest BCUT2D eigenvalue weighted by molar-refractivity contribution is -0.121. The lowest BCUT2D eigenvalue weighted by Gasteiger charge is -2.14. The number of amides is 1. The molecule has 0 atom stereocenters. The standard InChI is InChI=1S/C19H19Cl2FN2O3/c1-2-16(14-11-13(22)6-7-17(14)25)23-24-19(26)4-3-9-27-18-8-5-12(20)10-15(18)21/h2,5-8,10-11,23,25H,3-4,9H2,1H3,(H,24,26)/b16-2-. The second-order valence-corrected chi connectivity index (χ2v) is 6.41. The maximum Gasteiger partial charge on any atom is 0.238 e. The quantitative estimate of drug-likeness (QED) is 0.434. The molecule has 0 bridgehead atoms. The third-order valence-electron chi connectivity index (χ3n) is 3.57. The molecule has 0 fully saturated rings. The zero-order valence-electron chi connectivity index (χ0n) is 14.6. The van der Waals surface area contributed by atoms with Gasteiger partial charge in [-0.25, -0.2) is 4.39 Å². The Hall–Kier alpha value is -2.44. The first kappa shape index (κ1) is 20.9. The number of phenols is 1. The Morgan fingerprint density at radius 1 is 1.22 bits per heavy atom. The molecule has 5 nitrogen and oxygen atoms in total. The molecule has 0 heterocycles. The first-order valence-corrected chi connectivity index (χ1v) is 8.94. The SMILES string of the molecule is C/C=C(\NNC(=O)CCCOc1ccc(Cl)cc1Cl)c1cc(F)ccc1O. The van der Waals surface area contributed by atoms with E-state index < -0.39 is 5.82 Å². The predicted molar refractivity (Wildman–Crippen MR) is 104 cm³/mol. The molecule has 2 aromatic rings. The molecule has 27 heavy (non-hydrogen) atoms. The molecule has 0 unspecified atom stereocenters. The largest absolute Gasteiger partial charge is 0.507 e. The summed E-state index contributed by atoms with van der Waals surface area (Å²) in [5.74, 6) is -0.374. The highest BCUT2D eigenvalue weighted by atomic mass is 35.5. The molecule has 8 heteroatoms. The van der Waals surface area contributed by atoms with Crippen molar-refractivity contribution in [3.05, 3.63) is 63.9 Å². The Balaban J connectivity index is 1.77. The first-order chi connectivity index (χ1) is 12.9. The van der Waals surface area contributed by atoms with Crippen LogP contribution in [0, 0.1) is 5.82 Å². The second kappa shape index (κ2) is 10.0. The van der Waals surface area contributed by atoms with Crippen LogP contribution in [0.4, 0.5) is 4.39 Å². The Morgan fingerprint density at radius 3 is 2.70 bits per heavy atom. The van der Waals surface area contributed by atoms with E-state index in [0.29, 0.717) is 34.5 Å². The Bertz CT molecular complexity index is 844. The third kappa shape index (κ3) is 6.34. The molecule has 0 radical (unpaired) electrons. The highest BCUT2D eigenvalue weighted by molar-refractivity contribution is 6.35. The molecular weight excluding hydrogens is 394 g/mol. The van der Waals surface area contributed by atoms with Gasteiger partial charge < -0.3 is 9.84 Å². The Kier molecular flexibility index (Phi) is 7.76. The van der Waals surface area contributed by atoms with Crippen molar-refractivity contribution in [2.75, 3.05) is 6.61 Å². The average molecular weight is 413 g/mol. The number of carbonyl (C=O) groups is 1. The molecule has 0 saturated heterocycles. The number of benzene rings is 2. The number of hydrogen-bond donors (Lipinski definition) is 3. The number of nitrogens with one attached hydrogen (secondary N) is 2. The van der Waals surface area contributed by atoms with Gasteiger partial charge in [0.25, 0.3) is 0 Å². The summed E-state index contributed by atoms with van der Waals surface area (Å²) in [5, 5.41) is 10.7. The van der Waals surface area contributed by atoms with E-state index >= 15 is 0 Å². The van der Waals surface area contributed by atoms with Crippen LogP contribution in [0.1, 0.15) is 25.3 Å². The summed E-state index contributed by atoms with van der Waals surface area (Å²) >= 11 is 11.8. The summed E-state index contributed by atoms with van der Waals surface area (Å²) < 4.78 is 18.9. The average Bonchev–Trinajstić information content (AvgIpc) is 2.63. The molecule has 144 valence electrons. The number of hydrogen-bond acceptors (Lipinski definition) is 4. The monoisotopic (exact) mass is 412 g/mol. The van der Waals surface area contributed by atoms with Crippen molar-refractivity contribution in [1.29, 1.82) is 0 Å². The van der Waals surface area contributed by atoms with Gasteiger partial charge in [0.2, 0.25) is 5.91 Å². The summed E-state index contributed by atoms with van der Waals surface area (Å²) in [6.07, 6.45) is 2.27. The van der Waals surface area contributed by atoms with Gasteiger partial charge in [-0.1, -0.05) is 29.3 Å². The van der Waals surface area contributed by atoms with Crippen LogP contribution in [0.3, 0.4) is 0 Å². The summed E-state index contributed by atoms with van der Waals surface area (Å²) in [4.78, 5) is 11.9. The van der Waals surface area contributed by atoms with E-state index in [1.54, 1.807) is 31.2 Å². The number of rotatable bonds is 8. The van der Waals surface area contributed by atoms with Crippen LogP contribution < -0.4 is 15.6 Å². The lowest BCUT2D eigenvalue weighted by Crippen LogP contribution is -2.36. The highest BCUT2D eigenvalue weighted by Crippen LogP contribution is 2.27. The van der Waals surface area contributed by atoms with Crippen molar-refractivity contribution in [3.8, 4) is 11.5 Å². The van der Waals surface area contributed by atoms with Gasteiger partial charge in [0.1, 0.15) is 17.3 Å². The van der Waals surface area contributed by atoms with Crippen LogP contribution in [0.15, 0.2) is 42.5 Å². The van der Waals surface area contributed by atoms with Crippen LogP contribution in [0.2, 0.25) is 10.0 Å². The molecule has 0 aliphatic carbocycles. The van der Waals surface area contributed by atoms with Gasteiger partial charge in [-0.15, -0.1) is 0 Å². The van der Waals surface area contributed by atoms with Crippen LogP contribution in [-0.2, 0) is 4.79 Å². The molecule has 2 rings (SSSR count). The molecule has 1 amide bonds. The number of carbonyl (C=O) groups excluding carboxylic acids is 1. The van der Waals surface area contributed by atoms with E-state index in [-0.39, 0.29) is 23.6 Å².